The molecule has 0 bridgehead atoms. The number of anilines is 1. The summed E-state index contributed by atoms with van der Waals surface area (Å²) in [7, 11) is 2.86. The van der Waals surface area contributed by atoms with Crippen LogP contribution in [0.5, 0.6) is 11.8 Å². The van der Waals surface area contributed by atoms with Gasteiger partial charge in [-0.1, -0.05) is 13.0 Å². The summed E-state index contributed by atoms with van der Waals surface area (Å²) >= 11 is 0. The first-order valence-corrected chi connectivity index (χ1v) is 16.8. The number of hydrogen-bond donors (Lipinski definition) is 0. The third-order valence-corrected chi connectivity index (χ3v) is 10.2. The van der Waals surface area contributed by atoms with Crippen LogP contribution < -0.4 is 14.4 Å². The van der Waals surface area contributed by atoms with E-state index in [9.17, 15) is 9.18 Å². The molecule has 0 amide bonds. The summed E-state index contributed by atoms with van der Waals surface area (Å²) in [5.74, 6) is -1.08. The number of aromatic nitrogens is 3. The summed E-state index contributed by atoms with van der Waals surface area (Å²) in [6.07, 6.45) is 4.36. The van der Waals surface area contributed by atoms with Crippen molar-refractivity contribution in [2.75, 3.05) is 58.7 Å². The number of benzene rings is 2. The van der Waals surface area contributed by atoms with Crippen molar-refractivity contribution < 1.29 is 36.9 Å². The van der Waals surface area contributed by atoms with Crippen molar-refractivity contribution >= 4 is 33.5 Å². The van der Waals surface area contributed by atoms with Crippen LogP contribution in [0.3, 0.4) is 0 Å². The lowest BCUT2D eigenvalue weighted by Gasteiger charge is -2.33. The quantitative estimate of drug-likeness (QED) is 0.146. The van der Waals surface area contributed by atoms with Gasteiger partial charge < -0.3 is 23.8 Å². The Labute approximate surface area is 282 Å². The van der Waals surface area contributed by atoms with E-state index in [1.807, 2.05) is 11.8 Å². The Morgan fingerprint density at radius 3 is 2.73 bits per heavy atom. The Morgan fingerprint density at radius 2 is 1.94 bits per heavy atom. The molecule has 3 aliphatic rings. The zero-order chi connectivity index (χ0) is 34.3. The average molecular weight is 680 g/mol. The van der Waals surface area contributed by atoms with Gasteiger partial charge in [0.25, 0.3) is 0 Å². The van der Waals surface area contributed by atoms with Gasteiger partial charge >= 0.3 is 12.0 Å². The number of nitrogens with zero attached hydrogens (tertiary/aromatic N) is 5. The molecule has 13 heteroatoms. The predicted molar refractivity (Wildman–Crippen MR) is 178 cm³/mol. The van der Waals surface area contributed by atoms with Gasteiger partial charge in [0.1, 0.15) is 41.4 Å². The summed E-state index contributed by atoms with van der Waals surface area (Å²) < 4.78 is 68.9. The number of pyridine rings is 1. The highest BCUT2D eigenvalue weighted by Crippen LogP contribution is 2.42. The maximum atomic E-state index is 17.1. The second kappa shape index (κ2) is 13.6. The van der Waals surface area contributed by atoms with Crippen molar-refractivity contribution in [3.63, 3.8) is 0 Å². The average Bonchev–Trinajstić information content (AvgIpc) is 3.65. The maximum Gasteiger partial charge on any atom is 0.319 e. The molecule has 49 heavy (non-hydrogen) atoms. The van der Waals surface area contributed by atoms with Crippen molar-refractivity contribution in [1.29, 1.82) is 0 Å². The summed E-state index contributed by atoms with van der Waals surface area (Å²) in [5.41, 5.74) is 0.213. The standard InChI is InChI=1S/C36H40F3N5O5/c1-4-25-28(38)9-8-21-13-24(49-20-46-2)14-26(29(21)25)31-30(39)32-27(16-40-31)33(43-11-5-7-22(17-43)34(45)47-3)42-35(41-32)48-19-36-10-6-12-44(36)18-23(37)15-36/h8-9,13-14,16,22-23H,4-7,10-12,15,17-20H2,1-3H3/t22-,23-,36+/m1/s1. The maximum absolute atomic E-state index is 17.1. The van der Waals surface area contributed by atoms with E-state index in [0.717, 1.165) is 19.4 Å². The van der Waals surface area contributed by atoms with Gasteiger partial charge in [0.05, 0.1) is 24.0 Å². The third-order valence-electron chi connectivity index (χ3n) is 10.2. The Bertz CT molecular complexity index is 1900. The van der Waals surface area contributed by atoms with E-state index in [0.29, 0.717) is 84.2 Å². The van der Waals surface area contributed by atoms with Crippen LogP contribution in [-0.4, -0.2) is 91.3 Å². The van der Waals surface area contributed by atoms with E-state index in [1.165, 1.54) is 26.5 Å². The van der Waals surface area contributed by atoms with Gasteiger partial charge in [-0.25, -0.2) is 13.2 Å². The monoisotopic (exact) mass is 679 g/mol. The van der Waals surface area contributed by atoms with Gasteiger partial charge in [0.2, 0.25) is 0 Å². The normalized spacial score (nSPS) is 22.5. The minimum atomic E-state index is -0.942. The molecule has 3 fully saturated rings. The molecule has 2 aromatic heterocycles. The second-order valence-corrected chi connectivity index (χ2v) is 13.2. The first-order valence-electron chi connectivity index (χ1n) is 16.8. The number of carbonyl (C=O) groups excluding carboxylic acids is 1. The van der Waals surface area contributed by atoms with Crippen LogP contribution in [-0.2, 0) is 20.7 Å². The molecule has 10 nitrogen and oxygen atoms in total. The second-order valence-electron chi connectivity index (χ2n) is 13.2. The van der Waals surface area contributed by atoms with E-state index in [-0.39, 0.29) is 42.5 Å². The van der Waals surface area contributed by atoms with E-state index < -0.39 is 23.3 Å². The number of fused-ring (bicyclic) bond motifs is 3. The summed E-state index contributed by atoms with van der Waals surface area (Å²) in [5, 5.41) is 1.51. The fourth-order valence-corrected chi connectivity index (χ4v) is 7.92. The summed E-state index contributed by atoms with van der Waals surface area (Å²) in [4.78, 5) is 30.5. The lowest BCUT2D eigenvalue weighted by atomic mass is 9.94. The number of hydrogen-bond acceptors (Lipinski definition) is 10. The van der Waals surface area contributed by atoms with E-state index in [1.54, 1.807) is 18.2 Å². The molecule has 0 N–H and O–H groups in total. The van der Waals surface area contributed by atoms with Gasteiger partial charge in [-0.15, -0.1) is 0 Å². The first kappa shape index (κ1) is 33.3. The van der Waals surface area contributed by atoms with Crippen LogP contribution in [0.1, 0.15) is 44.6 Å². The number of halogens is 3. The molecule has 5 heterocycles. The Morgan fingerprint density at radius 1 is 1.08 bits per heavy atom. The topological polar surface area (TPSA) is 99.1 Å². The minimum absolute atomic E-state index is 0.0356. The van der Waals surface area contributed by atoms with Gasteiger partial charge in [0.15, 0.2) is 12.6 Å². The molecule has 260 valence electrons. The Hall–Kier alpha value is -4.23. The number of aryl methyl sites for hydroxylation is 1. The van der Waals surface area contributed by atoms with Crippen molar-refractivity contribution in [3.8, 4) is 23.0 Å². The van der Waals surface area contributed by atoms with Crippen LogP contribution in [0.15, 0.2) is 30.5 Å². The summed E-state index contributed by atoms with van der Waals surface area (Å²) in [6, 6.07) is 6.35. The van der Waals surface area contributed by atoms with Crippen molar-refractivity contribution in [2.24, 2.45) is 5.92 Å². The van der Waals surface area contributed by atoms with E-state index >= 15 is 8.78 Å². The first-order chi connectivity index (χ1) is 23.7. The fraction of sp³-hybridized carbons (Fsp3) is 0.500. The molecule has 0 radical (unpaired) electrons. The number of esters is 1. The smallest absolute Gasteiger partial charge is 0.319 e. The molecule has 0 spiro atoms. The van der Waals surface area contributed by atoms with Crippen LogP contribution in [0, 0.1) is 17.6 Å². The molecule has 7 rings (SSSR count). The van der Waals surface area contributed by atoms with Crippen molar-refractivity contribution in [2.45, 2.75) is 57.2 Å². The van der Waals surface area contributed by atoms with Crippen LogP contribution in [0.25, 0.3) is 32.9 Å². The Balaban J connectivity index is 1.38. The van der Waals surface area contributed by atoms with Gasteiger partial charge in [-0.2, -0.15) is 9.97 Å². The predicted octanol–water partition coefficient (Wildman–Crippen LogP) is 6.01. The summed E-state index contributed by atoms with van der Waals surface area (Å²) in [6.45, 7) is 3.98. The molecule has 4 aromatic rings. The fourth-order valence-electron chi connectivity index (χ4n) is 7.92. The number of ether oxygens (including phenoxy) is 4. The highest BCUT2D eigenvalue weighted by molar-refractivity contribution is 6.02. The van der Waals surface area contributed by atoms with E-state index in [4.69, 9.17) is 23.9 Å². The number of rotatable bonds is 10. The van der Waals surface area contributed by atoms with Crippen LogP contribution >= 0.6 is 0 Å². The molecular weight excluding hydrogens is 639 g/mol. The molecule has 3 saturated heterocycles. The van der Waals surface area contributed by atoms with E-state index in [2.05, 4.69) is 14.9 Å². The largest absolute Gasteiger partial charge is 0.469 e. The molecule has 2 aromatic carbocycles. The molecule has 3 aliphatic heterocycles. The molecule has 3 atom stereocenters. The molecule has 0 aliphatic carbocycles. The van der Waals surface area contributed by atoms with Crippen LogP contribution in [0.2, 0.25) is 0 Å². The molecule has 0 saturated carbocycles. The van der Waals surface area contributed by atoms with Crippen molar-refractivity contribution in [3.05, 3.63) is 47.7 Å². The molecule has 0 unspecified atom stereocenters. The molecular formula is C36H40F3N5O5. The highest BCUT2D eigenvalue weighted by Gasteiger charge is 2.49. The lowest BCUT2D eigenvalue weighted by Crippen LogP contribution is -2.43. The number of methoxy groups -OCH3 is 2. The third kappa shape index (κ3) is 6.11. The zero-order valence-corrected chi connectivity index (χ0v) is 27.9. The highest BCUT2D eigenvalue weighted by atomic mass is 19.1. The lowest BCUT2D eigenvalue weighted by molar-refractivity contribution is -0.145. The Kier molecular flexibility index (Phi) is 9.23. The number of alkyl halides is 1. The number of carbonyl (C=O) groups is 1. The van der Waals surface area contributed by atoms with Gasteiger partial charge in [-0.3, -0.25) is 14.7 Å². The van der Waals surface area contributed by atoms with Crippen LogP contribution in [0.4, 0.5) is 19.0 Å². The minimum Gasteiger partial charge on any atom is -0.469 e. The van der Waals surface area contributed by atoms with Crippen molar-refractivity contribution in [1.82, 2.24) is 19.9 Å². The zero-order valence-electron chi connectivity index (χ0n) is 27.9. The van der Waals surface area contributed by atoms with Gasteiger partial charge in [-0.05, 0) is 73.2 Å². The number of piperidine rings is 1. The van der Waals surface area contributed by atoms with Gasteiger partial charge in [0, 0.05) is 44.9 Å². The SMILES string of the molecule is CCc1c(F)ccc2cc(OCOC)cc(-c3ncc4c(N5CCC[C@@H](C(=O)OC)C5)nc(OC[C@@]56CCCN5C[C@H](F)C6)nc4c3F)c12.